The highest BCUT2D eigenvalue weighted by molar-refractivity contribution is 7.09. The number of hydrogen-bond acceptors (Lipinski definition) is 3. The van der Waals surface area contributed by atoms with Gasteiger partial charge in [-0.1, -0.05) is 6.92 Å². The minimum atomic E-state index is -0.119. The summed E-state index contributed by atoms with van der Waals surface area (Å²) in [6.07, 6.45) is 2.74. The second kappa shape index (κ2) is 3.07. The molecule has 1 heterocycles. The van der Waals surface area contributed by atoms with E-state index in [2.05, 4.69) is 17.3 Å². The molecule has 2 rings (SSSR count). The largest absolute Gasteiger partial charge is 0.393 e. The average molecular weight is 197 g/mol. The van der Waals surface area contributed by atoms with Gasteiger partial charge in [0, 0.05) is 10.8 Å². The van der Waals surface area contributed by atoms with Crippen LogP contribution in [0.5, 0.6) is 0 Å². The van der Waals surface area contributed by atoms with Crippen LogP contribution in [0.15, 0.2) is 5.38 Å². The van der Waals surface area contributed by atoms with E-state index in [4.69, 9.17) is 0 Å². The van der Waals surface area contributed by atoms with E-state index in [1.54, 1.807) is 11.3 Å². The normalized spacial score (nSPS) is 33.9. The van der Waals surface area contributed by atoms with Gasteiger partial charge in [-0.05, 0) is 26.2 Å². The lowest BCUT2D eigenvalue weighted by Crippen LogP contribution is -2.19. The third kappa shape index (κ3) is 1.63. The van der Waals surface area contributed by atoms with Crippen molar-refractivity contribution in [3.8, 4) is 0 Å². The first kappa shape index (κ1) is 9.16. The summed E-state index contributed by atoms with van der Waals surface area (Å²) in [5.41, 5.74) is 1.30. The summed E-state index contributed by atoms with van der Waals surface area (Å²) in [6.45, 7) is 4.24. The maximum atomic E-state index is 9.51. The molecule has 1 fully saturated rings. The summed E-state index contributed by atoms with van der Waals surface area (Å²) in [5, 5.41) is 12.8. The summed E-state index contributed by atoms with van der Waals surface area (Å²) in [6, 6.07) is 0. The first-order valence-electron chi connectivity index (χ1n) is 4.71. The zero-order chi connectivity index (χ0) is 9.47. The van der Waals surface area contributed by atoms with Crippen LogP contribution < -0.4 is 0 Å². The molecule has 3 heteroatoms. The first-order valence-corrected chi connectivity index (χ1v) is 5.59. The molecule has 2 unspecified atom stereocenters. The molecule has 13 heavy (non-hydrogen) atoms. The van der Waals surface area contributed by atoms with Crippen LogP contribution in [0.4, 0.5) is 0 Å². The van der Waals surface area contributed by atoms with Crippen molar-refractivity contribution in [1.82, 2.24) is 4.98 Å². The van der Waals surface area contributed by atoms with Gasteiger partial charge >= 0.3 is 0 Å². The highest BCUT2D eigenvalue weighted by Gasteiger charge is 2.37. The minimum absolute atomic E-state index is 0.119. The molecule has 1 saturated carbocycles. The predicted octanol–water partition coefficient (Wildman–Crippen LogP) is 2.25. The fourth-order valence-corrected chi connectivity index (χ4v) is 2.85. The summed E-state index contributed by atoms with van der Waals surface area (Å²) >= 11 is 1.70. The average Bonchev–Trinajstić information content (AvgIpc) is 2.60. The fraction of sp³-hybridized carbons (Fsp3) is 0.700. The van der Waals surface area contributed by atoms with Gasteiger partial charge in [0.15, 0.2) is 0 Å². The molecular weight excluding hydrogens is 182 g/mol. The second-order valence-corrected chi connectivity index (χ2v) is 5.27. The summed E-state index contributed by atoms with van der Waals surface area (Å²) in [5.74, 6) is 0. The highest BCUT2D eigenvalue weighted by Crippen LogP contribution is 2.40. The second-order valence-electron chi connectivity index (χ2n) is 4.21. The van der Waals surface area contributed by atoms with E-state index in [1.165, 1.54) is 5.69 Å². The van der Waals surface area contributed by atoms with Crippen LogP contribution in [0.25, 0.3) is 0 Å². The quantitative estimate of drug-likeness (QED) is 0.749. The Hall–Kier alpha value is -0.410. The van der Waals surface area contributed by atoms with Crippen molar-refractivity contribution >= 4 is 11.3 Å². The monoisotopic (exact) mass is 197 g/mol. The molecule has 0 bridgehead atoms. The van der Waals surface area contributed by atoms with Gasteiger partial charge in [0.2, 0.25) is 0 Å². The van der Waals surface area contributed by atoms with Crippen molar-refractivity contribution in [1.29, 1.82) is 0 Å². The van der Waals surface area contributed by atoms with Crippen molar-refractivity contribution in [2.75, 3.05) is 0 Å². The Balaban J connectivity index is 2.25. The number of hydrogen-bond donors (Lipinski definition) is 1. The van der Waals surface area contributed by atoms with Gasteiger partial charge in [0.05, 0.1) is 16.8 Å². The number of nitrogens with zero attached hydrogens (tertiary/aromatic N) is 1. The molecule has 1 N–H and O–H groups in total. The number of thiazole rings is 1. The molecule has 0 saturated heterocycles. The molecule has 1 aromatic rings. The molecule has 2 nitrogen and oxygen atoms in total. The molecule has 0 radical (unpaired) electrons. The molecule has 1 aliphatic carbocycles. The third-order valence-electron chi connectivity index (χ3n) is 2.95. The van der Waals surface area contributed by atoms with E-state index in [1.807, 2.05) is 6.92 Å². The molecule has 0 aliphatic heterocycles. The van der Waals surface area contributed by atoms with Crippen LogP contribution in [0.1, 0.15) is 36.9 Å². The maximum absolute atomic E-state index is 9.51. The Morgan fingerprint density at radius 1 is 1.69 bits per heavy atom. The summed E-state index contributed by atoms with van der Waals surface area (Å²) < 4.78 is 0. The Labute approximate surface area is 82.6 Å². The van der Waals surface area contributed by atoms with Crippen LogP contribution in [-0.4, -0.2) is 16.2 Å². The number of aliphatic hydroxyl groups excluding tert-OH is 1. The number of aromatic nitrogens is 1. The lowest BCUT2D eigenvalue weighted by molar-refractivity contribution is 0.175. The molecule has 0 spiro atoms. The van der Waals surface area contributed by atoms with Crippen LogP contribution in [0, 0.1) is 6.92 Å². The van der Waals surface area contributed by atoms with E-state index in [-0.39, 0.29) is 11.5 Å². The summed E-state index contributed by atoms with van der Waals surface area (Å²) in [4.78, 5) is 4.51. The van der Waals surface area contributed by atoms with Gasteiger partial charge in [-0.2, -0.15) is 0 Å². The van der Waals surface area contributed by atoms with Gasteiger partial charge in [0.1, 0.15) is 0 Å². The van der Waals surface area contributed by atoms with Gasteiger partial charge in [-0.3, -0.25) is 0 Å². The molecule has 1 aliphatic rings. The lowest BCUT2D eigenvalue weighted by atomic mass is 9.86. The zero-order valence-electron chi connectivity index (χ0n) is 8.08. The van der Waals surface area contributed by atoms with Crippen molar-refractivity contribution in [3.63, 3.8) is 0 Å². The summed E-state index contributed by atoms with van der Waals surface area (Å²) in [7, 11) is 0. The molecule has 72 valence electrons. The van der Waals surface area contributed by atoms with Crippen molar-refractivity contribution < 1.29 is 5.11 Å². The van der Waals surface area contributed by atoms with Gasteiger partial charge in [-0.25, -0.2) is 4.98 Å². The fourth-order valence-electron chi connectivity index (χ4n) is 2.08. The molecule has 0 aromatic carbocycles. The van der Waals surface area contributed by atoms with Crippen LogP contribution in [-0.2, 0) is 5.41 Å². The van der Waals surface area contributed by atoms with Gasteiger partial charge in [-0.15, -0.1) is 11.3 Å². The lowest BCUT2D eigenvalue weighted by Gasteiger charge is -2.20. The van der Waals surface area contributed by atoms with E-state index in [0.717, 1.165) is 24.3 Å². The molecule has 1 aromatic heterocycles. The Morgan fingerprint density at radius 3 is 2.92 bits per heavy atom. The van der Waals surface area contributed by atoms with Gasteiger partial charge < -0.3 is 5.11 Å². The minimum Gasteiger partial charge on any atom is -0.393 e. The topological polar surface area (TPSA) is 33.1 Å². The number of aryl methyl sites for hydroxylation is 1. The SMILES string of the molecule is Cc1nc(C2(C)CCC(O)C2)cs1. The number of rotatable bonds is 1. The maximum Gasteiger partial charge on any atom is 0.0897 e. The van der Waals surface area contributed by atoms with Crippen LogP contribution >= 0.6 is 11.3 Å². The zero-order valence-corrected chi connectivity index (χ0v) is 8.90. The van der Waals surface area contributed by atoms with E-state index >= 15 is 0 Å². The van der Waals surface area contributed by atoms with Crippen LogP contribution in [0.2, 0.25) is 0 Å². The van der Waals surface area contributed by atoms with E-state index in [9.17, 15) is 5.11 Å². The van der Waals surface area contributed by atoms with E-state index < -0.39 is 0 Å². The number of aliphatic hydroxyl groups is 1. The van der Waals surface area contributed by atoms with Crippen molar-refractivity contribution in [2.45, 2.75) is 44.6 Å². The smallest absolute Gasteiger partial charge is 0.0897 e. The standard InChI is InChI=1S/C10H15NOS/c1-7-11-9(6-13-7)10(2)4-3-8(12)5-10/h6,8,12H,3-5H2,1-2H3. The Kier molecular flexibility index (Phi) is 2.16. The van der Waals surface area contributed by atoms with Crippen molar-refractivity contribution in [2.24, 2.45) is 0 Å². The predicted molar refractivity (Wildman–Crippen MR) is 54.1 cm³/mol. The Bertz CT molecular complexity index is 310. The molecular formula is C10H15NOS. The highest BCUT2D eigenvalue weighted by atomic mass is 32.1. The third-order valence-corrected chi connectivity index (χ3v) is 3.73. The molecule has 2 atom stereocenters. The van der Waals surface area contributed by atoms with Crippen LogP contribution in [0.3, 0.4) is 0 Å². The Morgan fingerprint density at radius 2 is 2.46 bits per heavy atom. The van der Waals surface area contributed by atoms with E-state index in [0.29, 0.717) is 0 Å². The molecule has 0 amide bonds. The van der Waals surface area contributed by atoms with Gasteiger partial charge in [0.25, 0.3) is 0 Å². The van der Waals surface area contributed by atoms with Crippen molar-refractivity contribution in [3.05, 3.63) is 16.1 Å². The first-order chi connectivity index (χ1) is 6.10.